The highest BCUT2D eigenvalue weighted by molar-refractivity contribution is 6.36. The topological polar surface area (TPSA) is 49.4 Å². The monoisotopic (exact) mass is 420 g/mol. The summed E-state index contributed by atoms with van der Waals surface area (Å²) in [4.78, 5) is 27.3. The predicted octanol–water partition coefficient (Wildman–Crippen LogP) is 4.79. The third kappa shape index (κ3) is 5.73. The first kappa shape index (κ1) is 22.3. The van der Waals surface area contributed by atoms with Crippen LogP contribution in [0, 0.1) is 6.92 Å². The van der Waals surface area contributed by atoms with E-state index in [9.17, 15) is 9.59 Å². The molecule has 0 saturated heterocycles. The maximum Gasteiger partial charge on any atom is 0.242 e. The first-order valence-electron chi connectivity index (χ1n) is 9.39. The molecule has 6 heteroatoms. The number of hydrogen-bond donors (Lipinski definition) is 1. The first-order valence-corrected chi connectivity index (χ1v) is 10.1. The Kier molecular flexibility index (Phi) is 8.34. The first-order chi connectivity index (χ1) is 13.3. The standard InChI is InChI=1S/C22H26Cl2N2O2/c1-4-12-25-22(28)16(3)26(14-18-19(23)10-7-11-20(18)24)21(27)13-17-9-6-5-8-15(17)2/h5-11,16H,4,12-14H2,1-3H3,(H,25,28)/t16-/m0/s1. The Labute approximate surface area is 176 Å². The Bertz CT molecular complexity index is 819. The molecular formula is C22H26Cl2N2O2. The van der Waals surface area contributed by atoms with Crippen molar-refractivity contribution >= 4 is 35.0 Å². The zero-order chi connectivity index (χ0) is 20.7. The van der Waals surface area contributed by atoms with Crippen LogP contribution < -0.4 is 5.32 Å². The number of hydrogen-bond acceptors (Lipinski definition) is 2. The number of halogens is 2. The van der Waals surface area contributed by atoms with Crippen LogP contribution in [0.5, 0.6) is 0 Å². The van der Waals surface area contributed by atoms with E-state index >= 15 is 0 Å². The van der Waals surface area contributed by atoms with Crippen molar-refractivity contribution < 1.29 is 9.59 Å². The molecule has 0 aliphatic heterocycles. The molecule has 0 aliphatic carbocycles. The maximum atomic E-state index is 13.2. The molecule has 1 N–H and O–H groups in total. The van der Waals surface area contributed by atoms with Crippen LogP contribution in [0.4, 0.5) is 0 Å². The lowest BCUT2D eigenvalue weighted by atomic mass is 10.0. The minimum atomic E-state index is -0.643. The van der Waals surface area contributed by atoms with E-state index < -0.39 is 6.04 Å². The lowest BCUT2D eigenvalue weighted by molar-refractivity contribution is -0.140. The van der Waals surface area contributed by atoms with Crippen LogP contribution in [0.1, 0.15) is 37.0 Å². The summed E-state index contributed by atoms with van der Waals surface area (Å²) in [6.45, 7) is 6.41. The Balaban J connectivity index is 2.30. The van der Waals surface area contributed by atoms with Crippen molar-refractivity contribution in [2.24, 2.45) is 0 Å². The Morgan fingerprint density at radius 3 is 2.32 bits per heavy atom. The SMILES string of the molecule is CCCNC(=O)[C@H](C)N(Cc1c(Cl)cccc1Cl)C(=O)Cc1ccccc1C. The molecule has 0 saturated carbocycles. The van der Waals surface area contributed by atoms with E-state index in [1.807, 2.05) is 38.1 Å². The van der Waals surface area contributed by atoms with Crippen LogP contribution in [0.25, 0.3) is 0 Å². The van der Waals surface area contributed by atoms with Crippen LogP contribution in [0.3, 0.4) is 0 Å². The molecule has 2 amide bonds. The van der Waals surface area contributed by atoms with Gasteiger partial charge in [0.15, 0.2) is 0 Å². The predicted molar refractivity (Wildman–Crippen MR) is 115 cm³/mol. The van der Waals surface area contributed by atoms with Gasteiger partial charge in [-0.05, 0) is 43.5 Å². The smallest absolute Gasteiger partial charge is 0.242 e. The van der Waals surface area contributed by atoms with E-state index in [2.05, 4.69) is 5.32 Å². The number of carbonyl (C=O) groups excluding carboxylic acids is 2. The van der Waals surface area contributed by atoms with Crippen LogP contribution >= 0.6 is 23.2 Å². The maximum absolute atomic E-state index is 13.2. The number of nitrogens with one attached hydrogen (secondary N) is 1. The van der Waals surface area contributed by atoms with Crippen molar-refractivity contribution in [3.8, 4) is 0 Å². The van der Waals surface area contributed by atoms with Crippen LogP contribution in [0.15, 0.2) is 42.5 Å². The summed E-state index contributed by atoms with van der Waals surface area (Å²) < 4.78 is 0. The van der Waals surface area contributed by atoms with Gasteiger partial charge in [0.05, 0.1) is 6.42 Å². The van der Waals surface area contributed by atoms with Crippen molar-refractivity contribution in [1.82, 2.24) is 10.2 Å². The quantitative estimate of drug-likeness (QED) is 0.667. The molecule has 0 fully saturated rings. The van der Waals surface area contributed by atoms with E-state index in [0.29, 0.717) is 22.2 Å². The number of carbonyl (C=O) groups is 2. The molecule has 0 radical (unpaired) electrons. The molecule has 0 aromatic heterocycles. The minimum Gasteiger partial charge on any atom is -0.354 e. The largest absolute Gasteiger partial charge is 0.354 e. The van der Waals surface area contributed by atoms with Gasteiger partial charge in [0.1, 0.15) is 6.04 Å². The van der Waals surface area contributed by atoms with Crippen molar-refractivity contribution in [3.63, 3.8) is 0 Å². The molecule has 28 heavy (non-hydrogen) atoms. The van der Waals surface area contributed by atoms with Gasteiger partial charge in [-0.15, -0.1) is 0 Å². The second kappa shape index (κ2) is 10.5. The average Bonchev–Trinajstić information content (AvgIpc) is 2.67. The molecule has 0 heterocycles. The fraction of sp³-hybridized carbons (Fsp3) is 0.364. The summed E-state index contributed by atoms with van der Waals surface area (Å²) in [5.41, 5.74) is 2.61. The van der Waals surface area contributed by atoms with Gasteiger partial charge in [0.2, 0.25) is 11.8 Å². The zero-order valence-electron chi connectivity index (χ0n) is 16.5. The lowest BCUT2D eigenvalue weighted by Crippen LogP contribution is -2.48. The molecule has 150 valence electrons. The summed E-state index contributed by atoms with van der Waals surface area (Å²) in [5, 5.41) is 3.81. The summed E-state index contributed by atoms with van der Waals surface area (Å²) in [7, 11) is 0. The molecule has 0 spiro atoms. The average molecular weight is 421 g/mol. The van der Waals surface area contributed by atoms with E-state index in [1.165, 1.54) is 0 Å². The number of benzene rings is 2. The van der Waals surface area contributed by atoms with E-state index in [4.69, 9.17) is 23.2 Å². The molecular weight excluding hydrogens is 395 g/mol. The number of rotatable bonds is 8. The van der Waals surface area contributed by atoms with Gasteiger partial charge in [0, 0.05) is 28.7 Å². The molecule has 2 aromatic carbocycles. The van der Waals surface area contributed by atoms with Gasteiger partial charge >= 0.3 is 0 Å². The van der Waals surface area contributed by atoms with Gasteiger partial charge < -0.3 is 10.2 Å². The normalized spacial score (nSPS) is 11.8. The van der Waals surface area contributed by atoms with Gasteiger partial charge in [-0.2, -0.15) is 0 Å². The van der Waals surface area contributed by atoms with Crippen molar-refractivity contribution in [1.29, 1.82) is 0 Å². The highest BCUT2D eigenvalue weighted by Crippen LogP contribution is 2.27. The Morgan fingerprint density at radius 1 is 1.07 bits per heavy atom. The molecule has 0 bridgehead atoms. The highest BCUT2D eigenvalue weighted by Gasteiger charge is 2.27. The van der Waals surface area contributed by atoms with Gasteiger partial charge in [-0.25, -0.2) is 0 Å². The molecule has 0 unspecified atom stereocenters. The molecule has 2 rings (SSSR count). The van der Waals surface area contributed by atoms with Crippen LogP contribution in [-0.4, -0.2) is 29.3 Å². The summed E-state index contributed by atoms with van der Waals surface area (Å²) in [6.07, 6.45) is 1.03. The number of amides is 2. The van der Waals surface area contributed by atoms with Crippen LogP contribution in [-0.2, 0) is 22.6 Å². The van der Waals surface area contributed by atoms with E-state index in [1.54, 1.807) is 30.0 Å². The Morgan fingerprint density at radius 2 is 1.71 bits per heavy atom. The van der Waals surface area contributed by atoms with Crippen LogP contribution in [0.2, 0.25) is 10.0 Å². The number of nitrogens with zero attached hydrogens (tertiary/aromatic N) is 1. The van der Waals surface area contributed by atoms with Gasteiger partial charge in [-0.3, -0.25) is 9.59 Å². The summed E-state index contributed by atoms with van der Waals surface area (Å²) in [5.74, 6) is -0.340. The minimum absolute atomic E-state index is 0.149. The second-order valence-corrected chi connectivity index (χ2v) is 7.61. The zero-order valence-corrected chi connectivity index (χ0v) is 18.0. The summed E-state index contributed by atoms with van der Waals surface area (Å²) in [6, 6.07) is 12.3. The highest BCUT2D eigenvalue weighted by atomic mass is 35.5. The number of aryl methyl sites for hydroxylation is 1. The molecule has 1 atom stereocenters. The Hall–Kier alpha value is -2.04. The van der Waals surface area contributed by atoms with Crippen molar-refractivity contribution in [3.05, 3.63) is 69.2 Å². The fourth-order valence-corrected chi connectivity index (χ4v) is 3.42. The van der Waals surface area contributed by atoms with Crippen molar-refractivity contribution in [2.45, 2.75) is 46.2 Å². The molecule has 0 aliphatic rings. The molecule has 2 aromatic rings. The fourth-order valence-electron chi connectivity index (χ4n) is 2.91. The van der Waals surface area contributed by atoms with Gasteiger partial charge in [-0.1, -0.05) is 60.5 Å². The third-order valence-corrected chi connectivity index (χ3v) is 5.42. The van der Waals surface area contributed by atoms with E-state index in [0.717, 1.165) is 17.5 Å². The van der Waals surface area contributed by atoms with Crippen molar-refractivity contribution in [2.75, 3.05) is 6.54 Å². The third-order valence-electron chi connectivity index (χ3n) is 4.71. The summed E-state index contributed by atoms with van der Waals surface area (Å²) >= 11 is 12.6. The molecule has 4 nitrogen and oxygen atoms in total. The van der Waals surface area contributed by atoms with Gasteiger partial charge in [0.25, 0.3) is 0 Å². The lowest BCUT2D eigenvalue weighted by Gasteiger charge is -2.29. The second-order valence-electron chi connectivity index (χ2n) is 6.79. The van der Waals surface area contributed by atoms with E-state index in [-0.39, 0.29) is 24.8 Å².